The first kappa shape index (κ1) is 7.16. The molecule has 1 aliphatic heterocycles. The van der Waals surface area contributed by atoms with Gasteiger partial charge in [0.15, 0.2) is 0 Å². The molecule has 0 saturated heterocycles. The summed E-state index contributed by atoms with van der Waals surface area (Å²) in [4.78, 5) is 0. The van der Waals surface area contributed by atoms with Crippen molar-refractivity contribution in [2.24, 2.45) is 5.73 Å². The summed E-state index contributed by atoms with van der Waals surface area (Å²) < 4.78 is 0. The fourth-order valence-corrected chi connectivity index (χ4v) is 1.98. The average molecular weight is 143 g/mol. The Kier molecular flexibility index (Phi) is 2.61. The second kappa shape index (κ2) is 3.28. The Labute approximate surface area is 60.7 Å². The fourth-order valence-electron chi connectivity index (χ4n) is 0.940. The van der Waals surface area contributed by atoms with Gasteiger partial charge in [0.25, 0.3) is 0 Å². The van der Waals surface area contributed by atoms with Crippen LogP contribution in [0.15, 0.2) is 11.5 Å². The third-order valence-corrected chi connectivity index (χ3v) is 2.91. The third-order valence-electron chi connectivity index (χ3n) is 1.67. The van der Waals surface area contributed by atoms with Crippen molar-refractivity contribution in [1.29, 1.82) is 0 Å². The maximum atomic E-state index is 5.82. The molecule has 0 aromatic heterocycles. The van der Waals surface area contributed by atoms with Crippen molar-refractivity contribution in [2.75, 3.05) is 0 Å². The summed E-state index contributed by atoms with van der Waals surface area (Å²) in [5, 5.41) is 2.82. The quantitative estimate of drug-likeness (QED) is 0.637. The van der Waals surface area contributed by atoms with E-state index in [1.807, 2.05) is 11.8 Å². The highest BCUT2D eigenvalue weighted by Gasteiger charge is 2.16. The van der Waals surface area contributed by atoms with Gasteiger partial charge in [0, 0.05) is 11.3 Å². The van der Waals surface area contributed by atoms with Crippen molar-refractivity contribution in [2.45, 2.75) is 31.1 Å². The monoisotopic (exact) mass is 143 g/mol. The Balaban J connectivity index is 2.27. The van der Waals surface area contributed by atoms with E-state index in [0.717, 1.165) is 6.42 Å². The highest BCUT2D eigenvalue weighted by Crippen LogP contribution is 2.26. The highest BCUT2D eigenvalue weighted by molar-refractivity contribution is 8.03. The predicted octanol–water partition coefficient (Wildman–Crippen LogP) is 1.74. The summed E-state index contributed by atoms with van der Waals surface area (Å²) >= 11 is 1.87. The molecule has 2 heteroatoms. The zero-order valence-electron chi connectivity index (χ0n) is 5.71. The summed E-state index contributed by atoms with van der Waals surface area (Å²) in [5.74, 6) is 0. The molecule has 0 saturated carbocycles. The van der Waals surface area contributed by atoms with Gasteiger partial charge in [-0.25, -0.2) is 0 Å². The summed E-state index contributed by atoms with van der Waals surface area (Å²) in [5.41, 5.74) is 5.82. The van der Waals surface area contributed by atoms with Crippen molar-refractivity contribution >= 4 is 11.8 Å². The van der Waals surface area contributed by atoms with Gasteiger partial charge in [-0.05, 0) is 18.2 Å². The molecule has 0 bridgehead atoms. The van der Waals surface area contributed by atoms with E-state index < -0.39 is 0 Å². The van der Waals surface area contributed by atoms with E-state index in [-0.39, 0.29) is 0 Å². The van der Waals surface area contributed by atoms with E-state index in [0.29, 0.717) is 11.3 Å². The van der Waals surface area contributed by atoms with Gasteiger partial charge in [0.2, 0.25) is 0 Å². The van der Waals surface area contributed by atoms with Gasteiger partial charge in [0.05, 0.1) is 0 Å². The Bertz CT molecular complexity index is 103. The van der Waals surface area contributed by atoms with Gasteiger partial charge >= 0.3 is 0 Å². The van der Waals surface area contributed by atoms with Crippen LogP contribution >= 0.6 is 11.8 Å². The van der Waals surface area contributed by atoms with Crippen LogP contribution in [0.25, 0.3) is 0 Å². The molecular formula is C7H13NS. The van der Waals surface area contributed by atoms with Gasteiger partial charge in [-0.15, -0.1) is 11.8 Å². The minimum absolute atomic E-state index is 0.394. The first-order valence-electron chi connectivity index (χ1n) is 3.40. The number of hydrogen-bond acceptors (Lipinski definition) is 2. The lowest BCUT2D eigenvalue weighted by atomic mass is 10.1. The molecule has 0 aromatic carbocycles. The van der Waals surface area contributed by atoms with Crippen molar-refractivity contribution in [3.63, 3.8) is 0 Å². The van der Waals surface area contributed by atoms with Gasteiger partial charge in [-0.3, -0.25) is 0 Å². The Morgan fingerprint density at radius 1 is 1.89 bits per heavy atom. The van der Waals surface area contributed by atoms with Crippen molar-refractivity contribution in [3.05, 3.63) is 11.5 Å². The standard InChI is InChI=1S/C7H13NS/c1-2-6(8)7-4-3-5-9-7/h3,5-7H,2,4,8H2,1H3. The fraction of sp³-hybridized carbons (Fsp3) is 0.714. The van der Waals surface area contributed by atoms with Crippen LogP contribution < -0.4 is 5.73 Å². The molecule has 1 rings (SSSR count). The Hall–Kier alpha value is 0.0500. The first-order valence-corrected chi connectivity index (χ1v) is 4.35. The number of rotatable bonds is 2. The summed E-state index contributed by atoms with van der Waals surface area (Å²) in [6.45, 7) is 2.14. The molecule has 2 unspecified atom stereocenters. The molecule has 1 nitrogen and oxygen atoms in total. The second-order valence-corrected chi connectivity index (χ2v) is 3.50. The summed E-state index contributed by atoms with van der Waals surface area (Å²) in [6, 6.07) is 0.394. The smallest absolute Gasteiger partial charge is 0.0274 e. The molecule has 1 heterocycles. The van der Waals surface area contributed by atoms with Crippen molar-refractivity contribution in [1.82, 2.24) is 0 Å². The Morgan fingerprint density at radius 3 is 3.11 bits per heavy atom. The number of hydrogen-bond donors (Lipinski definition) is 1. The van der Waals surface area contributed by atoms with Gasteiger partial charge in [0.1, 0.15) is 0 Å². The number of nitrogens with two attached hydrogens (primary N) is 1. The second-order valence-electron chi connectivity index (χ2n) is 2.35. The van der Waals surface area contributed by atoms with Crippen LogP contribution in [0.5, 0.6) is 0 Å². The molecule has 0 spiro atoms. The molecule has 2 atom stereocenters. The zero-order valence-corrected chi connectivity index (χ0v) is 6.53. The van der Waals surface area contributed by atoms with Crippen molar-refractivity contribution in [3.8, 4) is 0 Å². The van der Waals surface area contributed by atoms with Crippen LogP contribution in [0.2, 0.25) is 0 Å². The van der Waals surface area contributed by atoms with E-state index in [2.05, 4.69) is 18.4 Å². The van der Waals surface area contributed by atoms with Crippen LogP contribution in [0.1, 0.15) is 19.8 Å². The Morgan fingerprint density at radius 2 is 2.67 bits per heavy atom. The molecule has 0 radical (unpaired) electrons. The van der Waals surface area contributed by atoms with Crippen LogP contribution in [-0.4, -0.2) is 11.3 Å². The molecular weight excluding hydrogens is 130 g/mol. The normalized spacial score (nSPS) is 28.9. The van der Waals surface area contributed by atoms with Gasteiger partial charge in [-0.2, -0.15) is 0 Å². The third kappa shape index (κ3) is 1.73. The topological polar surface area (TPSA) is 26.0 Å². The molecule has 2 N–H and O–H groups in total. The minimum Gasteiger partial charge on any atom is -0.327 e. The zero-order chi connectivity index (χ0) is 6.69. The van der Waals surface area contributed by atoms with Crippen LogP contribution in [0.4, 0.5) is 0 Å². The summed E-state index contributed by atoms with van der Waals surface area (Å²) in [6.07, 6.45) is 4.46. The number of thioether (sulfide) groups is 1. The van der Waals surface area contributed by atoms with Crippen LogP contribution in [-0.2, 0) is 0 Å². The molecule has 9 heavy (non-hydrogen) atoms. The lowest BCUT2D eigenvalue weighted by Crippen LogP contribution is -2.29. The molecule has 52 valence electrons. The molecule has 0 aromatic rings. The predicted molar refractivity (Wildman–Crippen MR) is 43.4 cm³/mol. The average Bonchev–Trinajstić information content (AvgIpc) is 2.37. The van der Waals surface area contributed by atoms with Crippen molar-refractivity contribution < 1.29 is 0 Å². The van der Waals surface area contributed by atoms with Gasteiger partial charge < -0.3 is 5.73 Å². The first-order chi connectivity index (χ1) is 4.34. The maximum absolute atomic E-state index is 5.82. The van der Waals surface area contributed by atoms with Gasteiger partial charge in [-0.1, -0.05) is 13.0 Å². The van der Waals surface area contributed by atoms with E-state index >= 15 is 0 Å². The summed E-state index contributed by atoms with van der Waals surface area (Å²) in [7, 11) is 0. The largest absolute Gasteiger partial charge is 0.327 e. The SMILES string of the molecule is CCC(N)C1CC=CS1. The van der Waals surface area contributed by atoms with E-state index in [4.69, 9.17) is 5.73 Å². The van der Waals surface area contributed by atoms with Crippen LogP contribution in [0, 0.1) is 0 Å². The molecule has 0 fully saturated rings. The lowest BCUT2D eigenvalue weighted by Gasteiger charge is -2.14. The lowest BCUT2D eigenvalue weighted by molar-refractivity contribution is 0.622. The van der Waals surface area contributed by atoms with E-state index in [1.165, 1.54) is 6.42 Å². The highest BCUT2D eigenvalue weighted by atomic mass is 32.2. The molecule has 0 aliphatic carbocycles. The molecule has 1 aliphatic rings. The number of allylic oxidation sites excluding steroid dienone is 1. The van der Waals surface area contributed by atoms with E-state index in [9.17, 15) is 0 Å². The maximum Gasteiger partial charge on any atom is 0.0274 e. The van der Waals surface area contributed by atoms with Crippen LogP contribution in [0.3, 0.4) is 0 Å². The van der Waals surface area contributed by atoms with E-state index in [1.54, 1.807) is 0 Å². The minimum atomic E-state index is 0.394. The molecule has 0 amide bonds.